The maximum absolute atomic E-state index is 11.7. The van der Waals surface area contributed by atoms with E-state index in [1.165, 1.54) is 0 Å². The van der Waals surface area contributed by atoms with Crippen LogP contribution >= 0.6 is 0 Å². The SMILES string of the molecule is N[C@H](Cc1ccccc1)C(=O)NCC(=O)NC1CC1. The normalized spacial score (nSPS) is 15.6. The molecule has 1 aliphatic carbocycles. The maximum Gasteiger partial charge on any atom is 0.239 e. The van der Waals surface area contributed by atoms with Gasteiger partial charge < -0.3 is 16.4 Å². The smallest absolute Gasteiger partial charge is 0.239 e. The van der Waals surface area contributed by atoms with Crippen LogP contribution in [-0.2, 0) is 16.0 Å². The van der Waals surface area contributed by atoms with Gasteiger partial charge in [-0.2, -0.15) is 0 Å². The Morgan fingerprint density at radius 3 is 2.58 bits per heavy atom. The van der Waals surface area contributed by atoms with Gasteiger partial charge in [-0.3, -0.25) is 9.59 Å². The lowest BCUT2D eigenvalue weighted by atomic mass is 10.1. The van der Waals surface area contributed by atoms with Gasteiger partial charge in [0.1, 0.15) is 0 Å². The van der Waals surface area contributed by atoms with Gasteiger partial charge in [-0.25, -0.2) is 0 Å². The number of carbonyl (C=O) groups is 2. The molecule has 1 aromatic rings. The van der Waals surface area contributed by atoms with E-state index in [-0.39, 0.29) is 18.4 Å². The van der Waals surface area contributed by atoms with Crippen LogP contribution in [0.3, 0.4) is 0 Å². The van der Waals surface area contributed by atoms with E-state index in [0.717, 1.165) is 18.4 Å². The van der Waals surface area contributed by atoms with Crippen LogP contribution in [0.2, 0.25) is 0 Å². The van der Waals surface area contributed by atoms with Crippen LogP contribution in [-0.4, -0.2) is 30.4 Å². The summed E-state index contributed by atoms with van der Waals surface area (Å²) in [6.45, 7) is -0.00216. The summed E-state index contributed by atoms with van der Waals surface area (Å²) in [5.41, 5.74) is 6.81. The van der Waals surface area contributed by atoms with Crippen molar-refractivity contribution in [3.05, 3.63) is 35.9 Å². The highest BCUT2D eigenvalue weighted by Gasteiger charge is 2.23. The molecular formula is C14H19N3O2. The molecule has 0 unspecified atom stereocenters. The monoisotopic (exact) mass is 261 g/mol. The fraction of sp³-hybridized carbons (Fsp3) is 0.429. The molecule has 0 aliphatic heterocycles. The number of amides is 2. The Bertz CT molecular complexity index is 443. The van der Waals surface area contributed by atoms with E-state index in [9.17, 15) is 9.59 Å². The Balaban J connectivity index is 1.71. The first-order chi connectivity index (χ1) is 9.15. The molecule has 5 nitrogen and oxygen atoms in total. The molecule has 2 amide bonds. The first kappa shape index (κ1) is 13.5. The third kappa shape index (κ3) is 4.71. The number of nitrogens with one attached hydrogen (secondary N) is 2. The van der Waals surface area contributed by atoms with Crippen LogP contribution in [0.1, 0.15) is 18.4 Å². The molecule has 0 aromatic heterocycles. The van der Waals surface area contributed by atoms with E-state index >= 15 is 0 Å². The molecule has 19 heavy (non-hydrogen) atoms. The lowest BCUT2D eigenvalue weighted by Gasteiger charge is -2.12. The van der Waals surface area contributed by atoms with Crippen molar-refractivity contribution in [2.75, 3.05) is 6.54 Å². The van der Waals surface area contributed by atoms with Crippen molar-refractivity contribution >= 4 is 11.8 Å². The maximum atomic E-state index is 11.7. The second-order valence-corrected chi connectivity index (χ2v) is 4.86. The van der Waals surface area contributed by atoms with Crippen LogP contribution < -0.4 is 16.4 Å². The van der Waals surface area contributed by atoms with Crippen LogP contribution in [0.5, 0.6) is 0 Å². The zero-order valence-electron chi connectivity index (χ0n) is 10.8. The van der Waals surface area contributed by atoms with Crippen LogP contribution in [0.4, 0.5) is 0 Å². The molecule has 4 N–H and O–H groups in total. The van der Waals surface area contributed by atoms with Gasteiger partial charge in [-0.1, -0.05) is 30.3 Å². The Kier molecular flexibility index (Phi) is 4.52. The Hall–Kier alpha value is -1.88. The fourth-order valence-electron chi connectivity index (χ4n) is 1.77. The summed E-state index contributed by atoms with van der Waals surface area (Å²) in [4.78, 5) is 23.1. The number of benzene rings is 1. The molecule has 0 bridgehead atoms. The molecule has 1 aliphatic rings. The largest absolute Gasteiger partial charge is 0.352 e. The van der Waals surface area contributed by atoms with E-state index in [0.29, 0.717) is 12.5 Å². The molecule has 0 heterocycles. The van der Waals surface area contributed by atoms with E-state index in [2.05, 4.69) is 10.6 Å². The van der Waals surface area contributed by atoms with Gasteiger partial charge in [0.2, 0.25) is 11.8 Å². The minimum Gasteiger partial charge on any atom is -0.352 e. The van der Waals surface area contributed by atoms with Crippen molar-refractivity contribution in [3.63, 3.8) is 0 Å². The minimum atomic E-state index is -0.629. The van der Waals surface area contributed by atoms with Gasteiger partial charge in [-0.15, -0.1) is 0 Å². The predicted octanol–water partition coefficient (Wildman–Crippen LogP) is -0.0488. The summed E-state index contributed by atoms with van der Waals surface area (Å²) in [6.07, 6.45) is 2.54. The number of hydrogen-bond donors (Lipinski definition) is 3. The summed E-state index contributed by atoms with van der Waals surface area (Å²) < 4.78 is 0. The van der Waals surface area contributed by atoms with Gasteiger partial charge in [0.25, 0.3) is 0 Å². The first-order valence-electron chi connectivity index (χ1n) is 6.52. The highest BCUT2D eigenvalue weighted by atomic mass is 16.2. The van der Waals surface area contributed by atoms with E-state index < -0.39 is 6.04 Å². The van der Waals surface area contributed by atoms with Crippen LogP contribution in [0.25, 0.3) is 0 Å². The van der Waals surface area contributed by atoms with Gasteiger partial charge in [-0.05, 0) is 24.8 Å². The average Bonchev–Trinajstić information content (AvgIpc) is 3.21. The van der Waals surface area contributed by atoms with Crippen molar-refractivity contribution < 1.29 is 9.59 Å². The number of nitrogens with two attached hydrogens (primary N) is 1. The summed E-state index contributed by atoms with van der Waals surface area (Å²) in [5.74, 6) is -0.447. The van der Waals surface area contributed by atoms with Gasteiger partial charge in [0.05, 0.1) is 12.6 Å². The van der Waals surface area contributed by atoms with Crippen molar-refractivity contribution in [2.45, 2.75) is 31.3 Å². The molecule has 1 saturated carbocycles. The third-order valence-electron chi connectivity index (χ3n) is 3.00. The molecule has 5 heteroatoms. The molecule has 1 atom stereocenters. The van der Waals surface area contributed by atoms with E-state index in [4.69, 9.17) is 5.73 Å². The van der Waals surface area contributed by atoms with Gasteiger partial charge in [0, 0.05) is 6.04 Å². The molecule has 102 valence electrons. The van der Waals surface area contributed by atoms with Crippen LogP contribution in [0, 0.1) is 0 Å². The van der Waals surface area contributed by atoms with Gasteiger partial charge >= 0.3 is 0 Å². The lowest BCUT2D eigenvalue weighted by molar-refractivity contribution is -0.126. The fourth-order valence-corrected chi connectivity index (χ4v) is 1.77. The highest BCUT2D eigenvalue weighted by molar-refractivity contribution is 5.87. The molecule has 1 aromatic carbocycles. The Labute approximate surface area is 112 Å². The summed E-state index contributed by atoms with van der Waals surface area (Å²) >= 11 is 0. The van der Waals surface area contributed by atoms with Crippen molar-refractivity contribution in [2.24, 2.45) is 5.73 Å². The van der Waals surface area contributed by atoms with Crippen molar-refractivity contribution in [3.8, 4) is 0 Å². The second kappa shape index (κ2) is 6.33. The number of hydrogen-bond acceptors (Lipinski definition) is 3. The molecule has 0 saturated heterocycles. The molecular weight excluding hydrogens is 242 g/mol. The summed E-state index contributed by atoms with van der Waals surface area (Å²) in [5, 5.41) is 5.36. The zero-order valence-corrected chi connectivity index (χ0v) is 10.8. The van der Waals surface area contributed by atoms with Crippen LogP contribution in [0.15, 0.2) is 30.3 Å². The molecule has 2 rings (SSSR count). The van der Waals surface area contributed by atoms with E-state index in [1.54, 1.807) is 0 Å². The first-order valence-corrected chi connectivity index (χ1v) is 6.52. The standard InChI is InChI=1S/C14H19N3O2/c15-12(8-10-4-2-1-3-5-10)14(19)16-9-13(18)17-11-6-7-11/h1-5,11-12H,6-9,15H2,(H,16,19)(H,17,18)/t12-/m1/s1. The molecule has 0 radical (unpaired) electrons. The number of rotatable bonds is 6. The topological polar surface area (TPSA) is 84.2 Å². The third-order valence-corrected chi connectivity index (χ3v) is 3.00. The second-order valence-electron chi connectivity index (χ2n) is 4.86. The Morgan fingerprint density at radius 1 is 1.26 bits per heavy atom. The molecule has 0 spiro atoms. The van der Waals surface area contributed by atoms with E-state index in [1.807, 2.05) is 30.3 Å². The van der Waals surface area contributed by atoms with Crippen molar-refractivity contribution in [1.82, 2.24) is 10.6 Å². The predicted molar refractivity (Wildman–Crippen MR) is 72.3 cm³/mol. The zero-order chi connectivity index (χ0) is 13.7. The average molecular weight is 261 g/mol. The summed E-state index contributed by atoms with van der Waals surface area (Å²) in [7, 11) is 0. The summed E-state index contributed by atoms with van der Waals surface area (Å²) in [6, 6.07) is 9.25. The Morgan fingerprint density at radius 2 is 1.95 bits per heavy atom. The molecule has 1 fully saturated rings. The number of carbonyl (C=O) groups excluding carboxylic acids is 2. The van der Waals surface area contributed by atoms with Crippen molar-refractivity contribution in [1.29, 1.82) is 0 Å². The quantitative estimate of drug-likeness (QED) is 0.671. The lowest BCUT2D eigenvalue weighted by Crippen LogP contribution is -2.46. The minimum absolute atomic E-state index is 0.00216. The highest BCUT2D eigenvalue weighted by Crippen LogP contribution is 2.18. The van der Waals surface area contributed by atoms with Gasteiger partial charge in [0.15, 0.2) is 0 Å².